The normalized spacial score (nSPS) is 28.0. The molecule has 0 N–H and O–H groups in total. The van der Waals surface area contributed by atoms with Crippen LogP contribution >= 0.6 is 0 Å². The van der Waals surface area contributed by atoms with Crippen LogP contribution in [0.15, 0.2) is 12.7 Å². The van der Waals surface area contributed by atoms with Gasteiger partial charge in [-0.05, 0) is 37.0 Å². The second-order valence-electron chi connectivity index (χ2n) is 5.71. The highest BCUT2D eigenvalue weighted by molar-refractivity contribution is 5.04. The first-order chi connectivity index (χ1) is 7.79. The monoisotopic (exact) mass is 222 g/mol. The van der Waals surface area contributed by atoms with Crippen molar-refractivity contribution in [2.24, 2.45) is 11.3 Å². The van der Waals surface area contributed by atoms with Crippen molar-refractivity contribution in [1.82, 2.24) is 0 Å². The fourth-order valence-corrected chi connectivity index (χ4v) is 3.13. The van der Waals surface area contributed by atoms with Gasteiger partial charge in [0.15, 0.2) is 0 Å². The SMILES string of the molecule is C=CC[C@]1(CCCC)C[C@H]1CCCCCC. The van der Waals surface area contributed by atoms with E-state index in [-0.39, 0.29) is 0 Å². The second-order valence-corrected chi connectivity index (χ2v) is 5.71. The van der Waals surface area contributed by atoms with Gasteiger partial charge in [-0.15, -0.1) is 6.58 Å². The van der Waals surface area contributed by atoms with Crippen LogP contribution in [-0.2, 0) is 0 Å². The molecule has 0 spiro atoms. The number of unbranched alkanes of at least 4 members (excludes halogenated alkanes) is 4. The molecule has 94 valence electrons. The first-order valence-electron chi connectivity index (χ1n) is 7.40. The molecule has 0 saturated heterocycles. The van der Waals surface area contributed by atoms with Gasteiger partial charge in [0.05, 0.1) is 0 Å². The molecule has 1 saturated carbocycles. The van der Waals surface area contributed by atoms with E-state index in [1.54, 1.807) is 0 Å². The average molecular weight is 222 g/mol. The van der Waals surface area contributed by atoms with Gasteiger partial charge < -0.3 is 0 Å². The fourth-order valence-electron chi connectivity index (χ4n) is 3.13. The van der Waals surface area contributed by atoms with E-state index < -0.39 is 0 Å². The van der Waals surface area contributed by atoms with Crippen LogP contribution in [0, 0.1) is 11.3 Å². The lowest BCUT2D eigenvalue weighted by Crippen LogP contribution is -2.03. The van der Waals surface area contributed by atoms with Crippen LogP contribution in [0.1, 0.15) is 78.1 Å². The Morgan fingerprint density at radius 1 is 1.12 bits per heavy atom. The number of hydrogen-bond acceptors (Lipinski definition) is 0. The van der Waals surface area contributed by atoms with Gasteiger partial charge in [0, 0.05) is 0 Å². The lowest BCUT2D eigenvalue weighted by Gasteiger charge is -2.14. The maximum absolute atomic E-state index is 3.94. The van der Waals surface area contributed by atoms with Crippen molar-refractivity contribution in [2.75, 3.05) is 0 Å². The van der Waals surface area contributed by atoms with Crippen LogP contribution in [0.5, 0.6) is 0 Å². The first kappa shape index (κ1) is 13.8. The molecule has 0 aromatic heterocycles. The predicted octanol–water partition coefficient (Wildman–Crippen LogP) is 5.73. The summed E-state index contributed by atoms with van der Waals surface area (Å²) in [6.45, 7) is 8.54. The predicted molar refractivity (Wildman–Crippen MR) is 73.6 cm³/mol. The van der Waals surface area contributed by atoms with Crippen molar-refractivity contribution >= 4 is 0 Å². The summed E-state index contributed by atoms with van der Waals surface area (Å²) >= 11 is 0. The maximum Gasteiger partial charge on any atom is -0.0232 e. The zero-order valence-corrected chi connectivity index (χ0v) is 11.4. The Hall–Kier alpha value is -0.260. The molecule has 1 aliphatic rings. The Labute approximate surface area is 103 Å². The topological polar surface area (TPSA) is 0 Å². The largest absolute Gasteiger partial charge is 0.103 e. The summed E-state index contributed by atoms with van der Waals surface area (Å²) in [7, 11) is 0. The number of hydrogen-bond donors (Lipinski definition) is 0. The van der Waals surface area contributed by atoms with E-state index >= 15 is 0 Å². The molecular formula is C16H30. The van der Waals surface area contributed by atoms with Crippen molar-refractivity contribution < 1.29 is 0 Å². The minimum atomic E-state index is 0.698. The quantitative estimate of drug-likeness (QED) is 0.327. The van der Waals surface area contributed by atoms with Crippen LogP contribution in [0.25, 0.3) is 0 Å². The van der Waals surface area contributed by atoms with Crippen molar-refractivity contribution in [1.29, 1.82) is 0 Å². The van der Waals surface area contributed by atoms with E-state index in [0.29, 0.717) is 5.41 Å². The van der Waals surface area contributed by atoms with Gasteiger partial charge >= 0.3 is 0 Å². The van der Waals surface area contributed by atoms with E-state index in [1.807, 2.05) is 0 Å². The van der Waals surface area contributed by atoms with E-state index in [2.05, 4.69) is 26.5 Å². The molecule has 1 fully saturated rings. The molecule has 0 amide bonds. The standard InChI is InChI=1S/C16H30/c1-4-7-9-10-11-15-14-16(15,12-6-3)13-8-5-2/h6,15H,3-5,7-14H2,1-2H3/t15-,16+/m1/s1. The highest BCUT2D eigenvalue weighted by Crippen LogP contribution is 2.60. The highest BCUT2D eigenvalue weighted by Gasteiger charge is 2.50. The Bertz CT molecular complexity index is 194. The summed E-state index contributed by atoms with van der Waals surface area (Å²) in [5.41, 5.74) is 0.698. The molecule has 0 heteroatoms. The lowest BCUT2D eigenvalue weighted by molar-refractivity contribution is 0.389. The molecule has 1 rings (SSSR count). The molecule has 0 aromatic rings. The molecule has 2 atom stereocenters. The zero-order valence-electron chi connectivity index (χ0n) is 11.4. The van der Waals surface area contributed by atoms with Crippen LogP contribution < -0.4 is 0 Å². The Balaban J connectivity index is 2.20. The van der Waals surface area contributed by atoms with Gasteiger partial charge in [0.25, 0.3) is 0 Å². The van der Waals surface area contributed by atoms with Gasteiger partial charge in [-0.2, -0.15) is 0 Å². The van der Waals surface area contributed by atoms with E-state index in [4.69, 9.17) is 0 Å². The van der Waals surface area contributed by atoms with Crippen LogP contribution in [0.4, 0.5) is 0 Å². The minimum Gasteiger partial charge on any atom is -0.103 e. The Kier molecular flexibility index (Phi) is 6.16. The third-order valence-corrected chi connectivity index (χ3v) is 4.34. The van der Waals surface area contributed by atoms with Gasteiger partial charge in [0.1, 0.15) is 0 Å². The number of allylic oxidation sites excluding steroid dienone is 1. The third kappa shape index (κ3) is 3.96. The first-order valence-corrected chi connectivity index (χ1v) is 7.40. The van der Waals surface area contributed by atoms with Gasteiger partial charge in [0.2, 0.25) is 0 Å². The lowest BCUT2D eigenvalue weighted by atomic mass is 9.91. The minimum absolute atomic E-state index is 0.698. The highest BCUT2D eigenvalue weighted by atomic mass is 14.6. The smallest absolute Gasteiger partial charge is 0.0232 e. The van der Waals surface area contributed by atoms with Gasteiger partial charge in [-0.1, -0.05) is 58.4 Å². The summed E-state index contributed by atoms with van der Waals surface area (Å²) in [6, 6.07) is 0. The summed E-state index contributed by atoms with van der Waals surface area (Å²) in [6.07, 6.45) is 16.3. The van der Waals surface area contributed by atoms with E-state index in [0.717, 1.165) is 5.92 Å². The summed E-state index contributed by atoms with van der Waals surface area (Å²) in [4.78, 5) is 0. The van der Waals surface area contributed by atoms with Crippen molar-refractivity contribution in [3.05, 3.63) is 12.7 Å². The van der Waals surface area contributed by atoms with Crippen LogP contribution in [0.3, 0.4) is 0 Å². The molecule has 0 nitrogen and oxygen atoms in total. The van der Waals surface area contributed by atoms with Crippen LogP contribution in [0.2, 0.25) is 0 Å². The second kappa shape index (κ2) is 7.14. The molecule has 0 aliphatic heterocycles. The average Bonchev–Trinajstić information content (AvgIpc) is 2.96. The summed E-state index contributed by atoms with van der Waals surface area (Å²) in [5, 5.41) is 0. The molecule has 0 heterocycles. The molecule has 1 aliphatic carbocycles. The Morgan fingerprint density at radius 2 is 1.88 bits per heavy atom. The van der Waals surface area contributed by atoms with Gasteiger partial charge in [-0.3, -0.25) is 0 Å². The fraction of sp³-hybridized carbons (Fsp3) is 0.875. The molecule has 0 unspecified atom stereocenters. The number of rotatable bonds is 10. The Morgan fingerprint density at radius 3 is 2.50 bits per heavy atom. The molecule has 0 aromatic carbocycles. The molecular weight excluding hydrogens is 192 g/mol. The van der Waals surface area contributed by atoms with E-state index in [1.165, 1.54) is 64.2 Å². The van der Waals surface area contributed by atoms with Crippen molar-refractivity contribution in [2.45, 2.75) is 78.1 Å². The zero-order chi connectivity index (χ0) is 11.9. The van der Waals surface area contributed by atoms with E-state index in [9.17, 15) is 0 Å². The molecule has 0 radical (unpaired) electrons. The van der Waals surface area contributed by atoms with Gasteiger partial charge in [-0.25, -0.2) is 0 Å². The maximum atomic E-state index is 3.94. The molecule has 16 heavy (non-hydrogen) atoms. The third-order valence-electron chi connectivity index (χ3n) is 4.34. The molecule has 0 bridgehead atoms. The van der Waals surface area contributed by atoms with Crippen molar-refractivity contribution in [3.8, 4) is 0 Å². The van der Waals surface area contributed by atoms with Crippen molar-refractivity contribution in [3.63, 3.8) is 0 Å². The summed E-state index contributed by atoms with van der Waals surface area (Å²) in [5.74, 6) is 1.04. The summed E-state index contributed by atoms with van der Waals surface area (Å²) < 4.78 is 0. The van der Waals surface area contributed by atoms with Crippen LogP contribution in [-0.4, -0.2) is 0 Å².